The van der Waals surface area contributed by atoms with E-state index < -0.39 is 24.1 Å². The number of urea groups is 1. The molecule has 0 bridgehead atoms. The molecule has 7 nitrogen and oxygen atoms in total. The van der Waals surface area contributed by atoms with E-state index in [0.717, 1.165) is 5.56 Å². The summed E-state index contributed by atoms with van der Waals surface area (Å²) in [7, 11) is 0. The first-order valence-corrected chi connectivity index (χ1v) is 6.75. The van der Waals surface area contributed by atoms with Crippen molar-refractivity contribution in [2.45, 2.75) is 25.9 Å². The zero-order valence-electron chi connectivity index (χ0n) is 12.5. The van der Waals surface area contributed by atoms with Gasteiger partial charge in [0, 0.05) is 5.69 Å². The van der Waals surface area contributed by atoms with E-state index in [9.17, 15) is 14.5 Å². The third-order valence-electron chi connectivity index (χ3n) is 2.85. The number of benzene rings is 1. The Balaban J connectivity index is 2.52. The number of carbonyl (C=O) groups excluding carboxylic acids is 2. The number of anilines is 1. The van der Waals surface area contributed by atoms with E-state index in [-0.39, 0.29) is 6.61 Å². The highest BCUT2D eigenvalue weighted by atomic mass is 16.5. The second-order valence-corrected chi connectivity index (χ2v) is 4.64. The van der Waals surface area contributed by atoms with Crippen LogP contribution in [0.5, 0.6) is 0 Å². The van der Waals surface area contributed by atoms with E-state index >= 15 is 0 Å². The van der Waals surface area contributed by atoms with Crippen LogP contribution in [0.2, 0.25) is 0 Å². The summed E-state index contributed by atoms with van der Waals surface area (Å²) < 4.78 is 4.82. The molecule has 0 heterocycles. The molecule has 118 valence electrons. The van der Waals surface area contributed by atoms with Crippen LogP contribution in [0.3, 0.4) is 0 Å². The molecule has 1 rings (SSSR count). The predicted molar refractivity (Wildman–Crippen MR) is 83.4 cm³/mol. The van der Waals surface area contributed by atoms with Gasteiger partial charge in [-0.15, -0.1) is 0 Å². The lowest BCUT2D eigenvalue weighted by Crippen LogP contribution is -2.41. The molecule has 0 aliphatic carbocycles. The maximum atomic E-state index is 11.8. The third-order valence-corrected chi connectivity index (χ3v) is 2.85. The number of esters is 1. The van der Waals surface area contributed by atoms with Gasteiger partial charge in [-0.3, -0.25) is 0 Å². The van der Waals surface area contributed by atoms with Gasteiger partial charge in [0.05, 0.1) is 0 Å². The summed E-state index contributed by atoms with van der Waals surface area (Å²) in [5.41, 5.74) is 1.29. The fraction of sp³-hybridized carbons (Fsp3) is 0.333. The first-order chi connectivity index (χ1) is 10.5. The summed E-state index contributed by atoms with van der Waals surface area (Å²) >= 11 is 0. The van der Waals surface area contributed by atoms with Crippen LogP contribution in [0.4, 0.5) is 10.5 Å². The summed E-state index contributed by atoms with van der Waals surface area (Å²) in [6, 6.07) is 4.94. The van der Waals surface area contributed by atoms with Crippen LogP contribution in [0.15, 0.2) is 42.1 Å². The number of nitrogens with zero attached hydrogens (tertiary/aromatic N) is 1. The molecule has 22 heavy (non-hydrogen) atoms. The van der Waals surface area contributed by atoms with Crippen LogP contribution in [0.25, 0.3) is 0 Å². The molecular formula is C15H19N3O4. The Morgan fingerprint density at radius 2 is 1.95 bits per heavy atom. The number of carbonyl (C=O) groups is 2. The molecular weight excluding hydrogens is 286 g/mol. The van der Waals surface area contributed by atoms with Gasteiger partial charge in [-0.25, -0.2) is 9.59 Å². The average Bonchev–Trinajstić information content (AvgIpc) is 2.52. The maximum absolute atomic E-state index is 11.8. The minimum atomic E-state index is -0.779. The zero-order valence-corrected chi connectivity index (χ0v) is 12.5. The number of amides is 2. The summed E-state index contributed by atoms with van der Waals surface area (Å²) in [5, 5.41) is 7.96. The second-order valence-electron chi connectivity index (χ2n) is 4.64. The molecule has 1 aromatic rings. The Morgan fingerprint density at radius 1 is 1.32 bits per heavy atom. The lowest BCUT2D eigenvalue weighted by Gasteiger charge is -2.13. The van der Waals surface area contributed by atoms with E-state index in [4.69, 9.17) is 4.74 Å². The molecule has 2 N–H and O–H groups in total. The van der Waals surface area contributed by atoms with Crippen molar-refractivity contribution in [2.24, 2.45) is 5.18 Å². The molecule has 2 amide bonds. The van der Waals surface area contributed by atoms with Gasteiger partial charge in [0.2, 0.25) is 0 Å². The van der Waals surface area contributed by atoms with E-state index in [1.54, 1.807) is 31.2 Å². The van der Waals surface area contributed by atoms with Crippen molar-refractivity contribution < 1.29 is 14.3 Å². The molecule has 2 atom stereocenters. The molecule has 0 spiro atoms. The molecule has 0 aromatic heterocycles. The van der Waals surface area contributed by atoms with Gasteiger partial charge in [0.25, 0.3) is 0 Å². The minimum Gasteiger partial charge on any atom is -0.460 e. The number of rotatable bonds is 7. The van der Waals surface area contributed by atoms with E-state index in [2.05, 4.69) is 22.4 Å². The van der Waals surface area contributed by atoms with Crippen molar-refractivity contribution >= 4 is 17.7 Å². The third kappa shape index (κ3) is 5.35. The van der Waals surface area contributed by atoms with Crippen LogP contribution >= 0.6 is 0 Å². The van der Waals surface area contributed by atoms with E-state index in [0.29, 0.717) is 5.69 Å². The molecule has 2 unspecified atom stereocenters. The van der Waals surface area contributed by atoms with Crippen LogP contribution in [-0.4, -0.2) is 24.6 Å². The number of hydrogen-bond donors (Lipinski definition) is 2. The van der Waals surface area contributed by atoms with Crippen molar-refractivity contribution in [2.75, 3.05) is 11.9 Å². The van der Waals surface area contributed by atoms with Gasteiger partial charge in [-0.2, -0.15) is 4.91 Å². The Bertz CT molecular complexity index is 542. The molecule has 7 heteroatoms. The van der Waals surface area contributed by atoms with Gasteiger partial charge in [-0.05, 0) is 31.5 Å². The predicted octanol–water partition coefficient (Wildman–Crippen LogP) is 2.75. The maximum Gasteiger partial charge on any atom is 0.328 e. The van der Waals surface area contributed by atoms with Crippen molar-refractivity contribution in [1.82, 2.24) is 5.32 Å². The van der Waals surface area contributed by atoms with Crippen LogP contribution in [0, 0.1) is 4.91 Å². The SMILES string of the molecule is C=CCOC(=O)C(C)NC(=O)Nc1ccc(C(C)N=O)cc1. The zero-order chi connectivity index (χ0) is 16.5. The smallest absolute Gasteiger partial charge is 0.328 e. The fourth-order valence-corrected chi connectivity index (χ4v) is 1.59. The lowest BCUT2D eigenvalue weighted by atomic mass is 10.1. The van der Waals surface area contributed by atoms with E-state index in [1.807, 2.05) is 0 Å². The van der Waals surface area contributed by atoms with Crippen LogP contribution in [-0.2, 0) is 9.53 Å². The number of hydrogen-bond acceptors (Lipinski definition) is 5. The number of ether oxygens (including phenoxy) is 1. The largest absolute Gasteiger partial charge is 0.460 e. The molecule has 0 aliphatic rings. The Kier molecular flexibility index (Phi) is 6.75. The second kappa shape index (κ2) is 8.56. The van der Waals surface area contributed by atoms with Gasteiger partial charge < -0.3 is 15.4 Å². The number of nitroso groups, excluding NO2 is 1. The molecule has 0 fully saturated rings. The number of nitrogens with one attached hydrogen (secondary N) is 2. The van der Waals surface area contributed by atoms with Crippen molar-refractivity contribution in [3.8, 4) is 0 Å². The summed E-state index contributed by atoms with van der Waals surface area (Å²) in [6.45, 7) is 6.72. The Labute approximate surface area is 128 Å². The Hall–Kier alpha value is -2.70. The van der Waals surface area contributed by atoms with Crippen LogP contribution in [0.1, 0.15) is 25.5 Å². The molecule has 1 aromatic carbocycles. The quantitative estimate of drug-likeness (QED) is 0.460. The summed E-state index contributed by atoms with van der Waals surface area (Å²) in [4.78, 5) is 33.7. The molecule has 0 saturated carbocycles. The fourth-order valence-electron chi connectivity index (χ4n) is 1.59. The summed E-state index contributed by atoms with van der Waals surface area (Å²) in [5.74, 6) is -0.545. The van der Waals surface area contributed by atoms with Crippen LogP contribution < -0.4 is 10.6 Å². The highest BCUT2D eigenvalue weighted by Gasteiger charge is 2.16. The summed E-state index contributed by atoms with van der Waals surface area (Å²) in [6.07, 6.45) is 1.45. The normalized spacial score (nSPS) is 12.6. The van der Waals surface area contributed by atoms with Crippen molar-refractivity contribution in [3.63, 3.8) is 0 Å². The monoisotopic (exact) mass is 305 g/mol. The van der Waals surface area contributed by atoms with Gasteiger partial charge >= 0.3 is 12.0 Å². The topological polar surface area (TPSA) is 96.9 Å². The molecule has 0 radical (unpaired) electrons. The molecule has 0 saturated heterocycles. The Morgan fingerprint density at radius 3 is 2.50 bits per heavy atom. The van der Waals surface area contributed by atoms with Crippen molar-refractivity contribution in [3.05, 3.63) is 47.4 Å². The standard InChI is InChI=1S/C15H19N3O4/c1-4-9-22-14(19)11(3)16-15(20)17-13-7-5-12(6-8-13)10(2)18-21/h4-8,10-11H,1,9H2,2-3H3,(H2,16,17,20). The highest BCUT2D eigenvalue weighted by molar-refractivity contribution is 5.92. The minimum absolute atomic E-state index is 0.0941. The highest BCUT2D eigenvalue weighted by Crippen LogP contribution is 2.18. The van der Waals surface area contributed by atoms with Gasteiger partial charge in [-0.1, -0.05) is 30.0 Å². The first kappa shape index (κ1) is 17.4. The van der Waals surface area contributed by atoms with Crippen molar-refractivity contribution in [1.29, 1.82) is 0 Å². The first-order valence-electron chi connectivity index (χ1n) is 6.75. The average molecular weight is 305 g/mol. The van der Waals surface area contributed by atoms with Gasteiger partial charge in [0.1, 0.15) is 18.7 Å². The lowest BCUT2D eigenvalue weighted by molar-refractivity contribution is -0.144. The van der Waals surface area contributed by atoms with Gasteiger partial charge in [0.15, 0.2) is 0 Å². The molecule has 0 aliphatic heterocycles. The van der Waals surface area contributed by atoms with E-state index in [1.165, 1.54) is 13.0 Å².